The van der Waals surface area contributed by atoms with Gasteiger partial charge < -0.3 is 15.0 Å². The van der Waals surface area contributed by atoms with Gasteiger partial charge in [-0.3, -0.25) is 14.7 Å². The lowest BCUT2D eigenvalue weighted by Crippen LogP contribution is -2.66. The van der Waals surface area contributed by atoms with E-state index in [1.54, 1.807) is 19.3 Å². The third-order valence-electron chi connectivity index (χ3n) is 5.50. The minimum atomic E-state index is -1.12. The van der Waals surface area contributed by atoms with Gasteiger partial charge in [-0.25, -0.2) is 4.79 Å². The maximum Gasteiger partial charge on any atom is 0.347 e. The molecule has 2 aliphatic rings. The first-order valence-electron chi connectivity index (χ1n) is 9.46. The summed E-state index contributed by atoms with van der Waals surface area (Å²) in [5.41, 5.74) is -0.00161. The highest BCUT2D eigenvalue weighted by atomic mass is 35.5. The van der Waals surface area contributed by atoms with Gasteiger partial charge in [-0.15, -0.1) is 12.4 Å². The summed E-state index contributed by atoms with van der Waals surface area (Å²) in [6.45, 7) is 4.63. The molecule has 1 atom stereocenters. The fourth-order valence-corrected chi connectivity index (χ4v) is 3.81. The van der Waals surface area contributed by atoms with E-state index in [1.807, 2.05) is 17.0 Å². The quantitative estimate of drug-likeness (QED) is 0.585. The van der Waals surface area contributed by atoms with Gasteiger partial charge in [0, 0.05) is 44.3 Å². The zero-order chi connectivity index (χ0) is 18.4. The lowest BCUT2D eigenvalue weighted by molar-refractivity contribution is -0.168. The second-order valence-corrected chi connectivity index (χ2v) is 7.18. The van der Waals surface area contributed by atoms with E-state index in [4.69, 9.17) is 4.74 Å². The molecule has 7 nitrogen and oxygen atoms in total. The number of hydrogen-bond acceptors (Lipinski definition) is 6. The summed E-state index contributed by atoms with van der Waals surface area (Å²) in [7, 11) is 0. The Kier molecular flexibility index (Phi) is 7.86. The monoisotopic (exact) mass is 396 g/mol. The molecule has 1 aromatic rings. The Labute approximate surface area is 166 Å². The van der Waals surface area contributed by atoms with Crippen LogP contribution in [0.4, 0.5) is 5.69 Å². The Balaban J connectivity index is 0.00000261. The molecule has 1 saturated carbocycles. The van der Waals surface area contributed by atoms with E-state index >= 15 is 0 Å². The fraction of sp³-hybridized carbons (Fsp3) is 0.632. The molecule has 8 heteroatoms. The number of carbonyl (C=O) groups is 2. The van der Waals surface area contributed by atoms with Gasteiger partial charge in [0.05, 0.1) is 0 Å². The lowest BCUT2D eigenvalue weighted by Gasteiger charge is -2.44. The van der Waals surface area contributed by atoms with E-state index in [9.17, 15) is 9.59 Å². The summed E-state index contributed by atoms with van der Waals surface area (Å²) in [5.74, 6) is -0.353. The molecule has 1 aliphatic carbocycles. The highest BCUT2D eigenvalue weighted by Crippen LogP contribution is 2.25. The van der Waals surface area contributed by atoms with E-state index in [0.717, 1.165) is 44.5 Å². The van der Waals surface area contributed by atoms with Crippen molar-refractivity contribution in [2.75, 3.05) is 31.1 Å². The highest BCUT2D eigenvalue weighted by Gasteiger charge is 2.43. The number of esters is 1. The van der Waals surface area contributed by atoms with Crippen molar-refractivity contribution in [1.29, 1.82) is 0 Å². The van der Waals surface area contributed by atoms with Crippen molar-refractivity contribution in [3.63, 3.8) is 0 Å². The van der Waals surface area contributed by atoms with Crippen LogP contribution in [0.2, 0.25) is 0 Å². The number of pyridine rings is 1. The molecular formula is C19H29ClN4O3. The predicted molar refractivity (Wildman–Crippen MR) is 106 cm³/mol. The molecule has 3 rings (SSSR count). The lowest BCUT2D eigenvalue weighted by atomic mass is 9.97. The molecule has 0 bridgehead atoms. The third kappa shape index (κ3) is 5.11. The zero-order valence-corrected chi connectivity index (χ0v) is 16.6. The van der Waals surface area contributed by atoms with Crippen molar-refractivity contribution in [2.45, 2.75) is 50.8 Å². The molecule has 0 spiro atoms. The molecule has 1 saturated heterocycles. The molecule has 1 unspecified atom stereocenters. The van der Waals surface area contributed by atoms with Crippen molar-refractivity contribution in [3.8, 4) is 0 Å². The number of halogens is 1. The Morgan fingerprint density at radius 2 is 1.81 bits per heavy atom. The number of anilines is 1. The van der Waals surface area contributed by atoms with E-state index in [2.05, 4.69) is 15.2 Å². The molecule has 150 valence electrons. The largest absolute Gasteiger partial charge is 0.460 e. The van der Waals surface area contributed by atoms with Crippen molar-refractivity contribution in [2.24, 2.45) is 0 Å². The Morgan fingerprint density at radius 1 is 1.19 bits per heavy atom. The number of rotatable bonds is 6. The van der Waals surface area contributed by atoms with Gasteiger partial charge in [-0.2, -0.15) is 0 Å². The molecule has 0 radical (unpaired) electrons. The van der Waals surface area contributed by atoms with E-state index in [1.165, 1.54) is 6.42 Å². The van der Waals surface area contributed by atoms with Crippen LogP contribution in [0, 0.1) is 0 Å². The third-order valence-corrected chi connectivity index (χ3v) is 5.50. The van der Waals surface area contributed by atoms with Crippen molar-refractivity contribution in [1.82, 2.24) is 15.2 Å². The van der Waals surface area contributed by atoms with E-state index < -0.39 is 5.66 Å². The van der Waals surface area contributed by atoms with Crippen LogP contribution in [-0.4, -0.2) is 60.2 Å². The molecular weight excluding hydrogens is 368 g/mol. The fourth-order valence-electron chi connectivity index (χ4n) is 3.81. The Morgan fingerprint density at radius 3 is 2.41 bits per heavy atom. The topological polar surface area (TPSA) is 74.8 Å². The standard InChI is InChI=1S/C19H28N4O3.ClH/c1-19(21-15-24,18(25)26-17-5-3-2-4-6-17)23-13-11-22(12-14-23)16-7-9-20-10-8-16;/h7-10,15,17H,2-6,11-14H2,1H3,(H,21,24);1H. The number of aromatic nitrogens is 1. The van der Waals surface area contributed by atoms with Gasteiger partial charge in [-0.1, -0.05) is 6.42 Å². The maximum absolute atomic E-state index is 12.9. The number of carbonyl (C=O) groups excluding carboxylic acids is 2. The maximum atomic E-state index is 12.9. The normalized spacial score (nSPS) is 20.9. The molecule has 1 N–H and O–H groups in total. The predicted octanol–water partition coefficient (Wildman–Crippen LogP) is 1.96. The second kappa shape index (κ2) is 9.90. The van der Waals surface area contributed by atoms with Crippen molar-refractivity contribution < 1.29 is 14.3 Å². The first-order chi connectivity index (χ1) is 12.6. The summed E-state index contributed by atoms with van der Waals surface area (Å²) in [5, 5.41) is 2.71. The summed E-state index contributed by atoms with van der Waals surface area (Å²) in [6, 6.07) is 3.96. The van der Waals surface area contributed by atoms with E-state index in [-0.39, 0.29) is 24.5 Å². The Hall–Kier alpha value is -1.86. The molecule has 27 heavy (non-hydrogen) atoms. The average Bonchev–Trinajstić information content (AvgIpc) is 2.69. The van der Waals surface area contributed by atoms with Gasteiger partial charge in [0.1, 0.15) is 6.10 Å². The summed E-state index contributed by atoms with van der Waals surface area (Å²) < 4.78 is 5.75. The van der Waals surface area contributed by atoms with Crippen LogP contribution in [0.5, 0.6) is 0 Å². The van der Waals surface area contributed by atoms with Crippen molar-refractivity contribution >= 4 is 30.5 Å². The number of ether oxygens (including phenoxy) is 1. The van der Waals surface area contributed by atoms with Crippen LogP contribution in [0.3, 0.4) is 0 Å². The average molecular weight is 397 g/mol. The first kappa shape index (κ1) is 21.4. The minimum absolute atomic E-state index is 0. The summed E-state index contributed by atoms with van der Waals surface area (Å²) in [4.78, 5) is 32.4. The van der Waals surface area contributed by atoms with Crippen LogP contribution in [0.1, 0.15) is 39.0 Å². The SMILES string of the molecule is CC(NC=O)(C(=O)OC1CCCCC1)N1CCN(c2ccncc2)CC1.Cl. The molecule has 1 amide bonds. The van der Waals surface area contributed by atoms with Gasteiger partial charge in [0.15, 0.2) is 5.66 Å². The molecule has 2 fully saturated rings. The highest BCUT2D eigenvalue weighted by molar-refractivity contribution is 5.85. The number of nitrogens with one attached hydrogen (secondary N) is 1. The number of amides is 1. The Bertz CT molecular complexity index is 604. The van der Waals surface area contributed by atoms with Crippen LogP contribution < -0.4 is 10.2 Å². The molecule has 1 aliphatic heterocycles. The van der Waals surface area contributed by atoms with Crippen LogP contribution in [0.15, 0.2) is 24.5 Å². The van der Waals surface area contributed by atoms with E-state index in [0.29, 0.717) is 19.5 Å². The van der Waals surface area contributed by atoms with Crippen LogP contribution >= 0.6 is 12.4 Å². The van der Waals surface area contributed by atoms with Gasteiger partial charge in [0.2, 0.25) is 6.41 Å². The van der Waals surface area contributed by atoms with Crippen LogP contribution in [0.25, 0.3) is 0 Å². The summed E-state index contributed by atoms with van der Waals surface area (Å²) in [6.07, 6.45) is 9.36. The molecule has 1 aromatic heterocycles. The minimum Gasteiger partial charge on any atom is -0.460 e. The van der Waals surface area contributed by atoms with Gasteiger partial charge in [-0.05, 0) is 44.7 Å². The zero-order valence-electron chi connectivity index (χ0n) is 15.8. The molecule has 2 heterocycles. The van der Waals surface area contributed by atoms with Crippen LogP contribution in [-0.2, 0) is 14.3 Å². The smallest absolute Gasteiger partial charge is 0.347 e. The summed E-state index contributed by atoms with van der Waals surface area (Å²) >= 11 is 0. The first-order valence-corrected chi connectivity index (χ1v) is 9.46. The molecule has 0 aromatic carbocycles. The van der Waals surface area contributed by atoms with Gasteiger partial charge in [0.25, 0.3) is 0 Å². The van der Waals surface area contributed by atoms with Crippen molar-refractivity contribution in [3.05, 3.63) is 24.5 Å². The van der Waals surface area contributed by atoms with Gasteiger partial charge >= 0.3 is 5.97 Å². The number of piperazine rings is 1. The number of hydrogen-bond donors (Lipinski definition) is 1. The second-order valence-electron chi connectivity index (χ2n) is 7.18. The number of nitrogens with zero attached hydrogens (tertiary/aromatic N) is 3.